The number of hydrogen-bond acceptors (Lipinski definition) is 6. The molecule has 3 aromatic rings. The molecule has 0 bridgehead atoms. The minimum Gasteiger partial charge on any atom is -0.341 e. The van der Waals surface area contributed by atoms with Gasteiger partial charge in [0.2, 0.25) is 10.0 Å². The van der Waals surface area contributed by atoms with Crippen molar-refractivity contribution in [3.8, 4) is 11.1 Å². The Labute approximate surface area is 253 Å². The second-order valence-corrected chi connectivity index (χ2v) is 14.1. The van der Waals surface area contributed by atoms with Gasteiger partial charge in [-0.05, 0) is 73.3 Å². The molecule has 11 nitrogen and oxygen atoms in total. The Morgan fingerprint density at radius 2 is 1.88 bits per heavy atom. The van der Waals surface area contributed by atoms with Crippen LogP contribution in [0.4, 0.5) is 16.3 Å². The predicted molar refractivity (Wildman–Crippen MR) is 166 cm³/mol. The molecule has 2 fully saturated rings. The largest absolute Gasteiger partial charge is 0.341 e. The molecule has 0 unspecified atom stereocenters. The standard InChI is InChI=1S/C31H40N8O3S/c1-4-43(41,42)37-14-9-24(10-15-37)39-28-11-13-36(31(40)32-2)20-27(28)30(34-39)38-12-5-6-22-16-25(23-18-33-35(3)19-23)26(17-29(22)38)21-7-8-21/h4,16-19,21,24H,1,5-15,20H2,2-3H3,(H,32,40). The number of aromatic nitrogens is 4. The van der Waals surface area contributed by atoms with E-state index in [2.05, 4.69) is 44.9 Å². The summed E-state index contributed by atoms with van der Waals surface area (Å²) in [5, 5.41) is 13.6. The van der Waals surface area contributed by atoms with Crippen molar-refractivity contribution in [1.29, 1.82) is 0 Å². The van der Waals surface area contributed by atoms with Crippen LogP contribution in [0.1, 0.15) is 66.4 Å². The number of sulfonamides is 1. The highest BCUT2D eigenvalue weighted by atomic mass is 32.2. The van der Waals surface area contributed by atoms with Crippen molar-refractivity contribution in [2.75, 3.05) is 38.1 Å². The summed E-state index contributed by atoms with van der Waals surface area (Å²) in [5.41, 5.74) is 8.65. The number of benzene rings is 1. The number of amides is 2. The van der Waals surface area contributed by atoms with E-state index < -0.39 is 10.0 Å². The van der Waals surface area contributed by atoms with Gasteiger partial charge < -0.3 is 15.1 Å². The van der Waals surface area contributed by atoms with Crippen LogP contribution in [0.25, 0.3) is 11.1 Å². The van der Waals surface area contributed by atoms with E-state index in [1.54, 1.807) is 7.05 Å². The normalized spacial score (nSPS) is 19.7. The van der Waals surface area contributed by atoms with E-state index in [0.717, 1.165) is 48.2 Å². The summed E-state index contributed by atoms with van der Waals surface area (Å²) in [5.74, 6) is 1.50. The smallest absolute Gasteiger partial charge is 0.317 e. The number of nitrogens with one attached hydrogen (secondary N) is 1. The molecule has 228 valence electrons. The number of rotatable bonds is 6. The fourth-order valence-corrected chi connectivity index (χ4v) is 8.07. The number of aryl methyl sites for hydroxylation is 2. The minimum atomic E-state index is -3.43. The van der Waals surface area contributed by atoms with Gasteiger partial charge in [-0.3, -0.25) is 9.36 Å². The van der Waals surface area contributed by atoms with Crippen LogP contribution in [0, 0.1) is 0 Å². The van der Waals surface area contributed by atoms with Gasteiger partial charge in [0.05, 0.1) is 18.8 Å². The van der Waals surface area contributed by atoms with Crippen LogP contribution in [0.5, 0.6) is 0 Å². The van der Waals surface area contributed by atoms with Crippen LogP contribution in [0.15, 0.2) is 36.5 Å². The molecule has 0 spiro atoms. The molecule has 4 aliphatic rings. The van der Waals surface area contributed by atoms with Crippen LogP contribution < -0.4 is 10.2 Å². The van der Waals surface area contributed by atoms with E-state index in [1.807, 2.05) is 22.8 Å². The van der Waals surface area contributed by atoms with Crippen molar-refractivity contribution >= 4 is 27.6 Å². The second-order valence-electron chi connectivity index (χ2n) is 12.3. The summed E-state index contributed by atoms with van der Waals surface area (Å²) >= 11 is 0. The molecule has 1 aliphatic carbocycles. The Morgan fingerprint density at radius 1 is 1.09 bits per heavy atom. The van der Waals surface area contributed by atoms with Gasteiger partial charge in [0, 0.05) is 80.8 Å². The first-order valence-corrected chi connectivity index (χ1v) is 16.9. The van der Waals surface area contributed by atoms with Crippen molar-refractivity contribution < 1.29 is 13.2 Å². The molecular weight excluding hydrogens is 564 g/mol. The lowest BCUT2D eigenvalue weighted by Crippen LogP contribution is -2.42. The first-order valence-electron chi connectivity index (χ1n) is 15.4. The topological polar surface area (TPSA) is 109 Å². The number of anilines is 2. The quantitative estimate of drug-likeness (QED) is 0.455. The van der Waals surface area contributed by atoms with E-state index in [9.17, 15) is 13.2 Å². The highest BCUT2D eigenvalue weighted by Gasteiger charge is 2.36. The molecule has 0 atom stereocenters. The zero-order chi connectivity index (χ0) is 29.9. The van der Waals surface area contributed by atoms with E-state index in [-0.39, 0.29) is 12.1 Å². The zero-order valence-corrected chi connectivity index (χ0v) is 25.8. The van der Waals surface area contributed by atoms with Crippen molar-refractivity contribution in [1.82, 2.24) is 34.1 Å². The fraction of sp³-hybridized carbons (Fsp3) is 0.516. The average molecular weight is 605 g/mol. The monoisotopic (exact) mass is 604 g/mol. The van der Waals surface area contributed by atoms with Crippen LogP contribution in [-0.2, 0) is 36.5 Å². The third-order valence-corrected chi connectivity index (χ3v) is 11.1. The van der Waals surface area contributed by atoms with Crippen molar-refractivity contribution in [2.45, 2.75) is 63.5 Å². The Morgan fingerprint density at radius 3 is 2.56 bits per heavy atom. The third-order valence-electron chi connectivity index (χ3n) is 9.56. The van der Waals surface area contributed by atoms with Crippen LogP contribution >= 0.6 is 0 Å². The van der Waals surface area contributed by atoms with Gasteiger partial charge >= 0.3 is 6.03 Å². The Kier molecular flexibility index (Phi) is 7.08. The first-order chi connectivity index (χ1) is 20.8. The highest BCUT2D eigenvalue weighted by Crippen LogP contribution is 2.49. The number of hydrogen-bond donors (Lipinski definition) is 1. The van der Waals surface area contributed by atoms with Crippen LogP contribution in [0.2, 0.25) is 0 Å². The molecular formula is C31H40N8O3S. The molecule has 7 rings (SSSR count). The maximum atomic E-state index is 12.7. The minimum absolute atomic E-state index is 0.0801. The summed E-state index contributed by atoms with van der Waals surface area (Å²) in [6.07, 6.45) is 10.6. The Hall–Kier alpha value is -3.64. The number of urea groups is 1. The van der Waals surface area contributed by atoms with Crippen molar-refractivity contribution in [3.05, 3.63) is 58.9 Å². The van der Waals surface area contributed by atoms with Gasteiger partial charge in [-0.1, -0.05) is 6.58 Å². The second kappa shape index (κ2) is 10.8. The predicted octanol–water partition coefficient (Wildman–Crippen LogP) is 4.05. The van der Waals surface area contributed by atoms with Gasteiger partial charge in [-0.15, -0.1) is 0 Å². The number of nitrogens with zero attached hydrogens (tertiary/aromatic N) is 7. The molecule has 2 amide bonds. The van der Waals surface area contributed by atoms with Gasteiger partial charge in [-0.2, -0.15) is 14.5 Å². The number of carbonyl (C=O) groups is 1. The highest BCUT2D eigenvalue weighted by molar-refractivity contribution is 7.92. The van der Waals surface area contributed by atoms with Gasteiger partial charge in [0.25, 0.3) is 0 Å². The lowest BCUT2D eigenvalue weighted by atomic mass is 9.91. The molecule has 1 aromatic carbocycles. The maximum absolute atomic E-state index is 12.7. The molecule has 12 heteroatoms. The van der Waals surface area contributed by atoms with E-state index in [4.69, 9.17) is 5.10 Å². The molecule has 0 radical (unpaired) electrons. The third kappa shape index (κ3) is 5.04. The molecule has 1 saturated heterocycles. The molecule has 5 heterocycles. The van der Waals surface area contributed by atoms with Gasteiger partial charge in [0.1, 0.15) is 0 Å². The molecule has 3 aliphatic heterocycles. The maximum Gasteiger partial charge on any atom is 0.317 e. The van der Waals surface area contributed by atoms with Gasteiger partial charge in [-0.25, -0.2) is 13.2 Å². The molecule has 1 saturated carbocycles. The number of carbonyl (C=O) groups excluding carboxylic acids is 1. The van der Waals surface area contributed by atoms with E-state index in [0.29, 0.717) is 44.9 Å². The molecule has 1 N–H and O–H groups in total. The van der Waals surface area contributed by atoms with Crippen molar-refractivity contribution in [2.24, 2.45) is 7.05 Å². The zero-order valence-electron chi connectivity index (χ0n) is 25.0. The number of fused-ring (bicyclic) bond motifs is 2. The lowest BCUT2D eigenvalue weighted by Gasteiger charge is -2.33. The molecule has 43 heavy (non-hydrogen) atoms. The first kappa shape index (κ1) is 28.1. The van der Waals surface area contributed by atoms with Gasteiger partial charge in [0.15, 0.2) is 5.82 Å². The Balaban J connectivity index is 1.29. The summed E-state index contributed by atoms with van der Waals surface area (Å²) in [4.78, 5) is 17.0. The summed E-state index contributed by atoms with van der Waals surface area (Å²) < 4.78 is 30.4. The van der Waals surface area contributed by atoms with Crippen molar-refractivity contribution in [3.63, 3.8) is 0 Å². The van der Waals surface area contributed by atoms with Crippen LogP contribution in [-0.4, -0.2) is 76.4 Å². The summed E-state index contributed by atoms with van der Waals surface area (Å²) in [6, 6.07) is 4.80. The van der Waals surface area contributed by atoms with Crippen LogP contribution in [0.3, 0.4) is 0 Å². The Bertz CT molecular complexity index is 1680. The fourth-order valence-electron chi connectivity index (χ4n) is 7.14. The number of piperidine rings is 1. The SMILES string of the molecule is C=CS(=O)(=O)N1CCC(n2nc(N3CCCc4cc(-c5cnn(C)c5)c(C5CC5)cc43)c3c2CCN(C(=O)NC)C3)CC1. The molecule has 2 aromatic heterocycles. The summed E-state index contributed by atoms with van der Waals surface area (Å²) in [6.45, 7) is 6.38. The average Bonchev–Trinajstić information content (AvgIpc) is 3.68. The van der Waals surface area contributed by atoms with E-state index >= 15 is 0 Å². The summed E-state index contributed by atoms with van der Waals surface area (Å²) in [7, 11) is 0.202. The lowest BCUT2D eigenvalue weighted by molar-refractivity contribution is 0.193. The van der Waals surface area contributed by atoms with E-state index in [1.165, 1.54) is 45.2 Å².